The lowest BCUT2D eigenvalue weighted by Crippen LogP contribution is -2.20. The number of anilines is 1. The highest BCUT2D eigenvalue weighted by molar-refractivity contribution is 9.09. The summed E-state index contributed by atoms with van der Waals surface area (Å²) in [5.74, 6) is -0.770. The molecule has 1 heterocycles. The molecule has 1 aliphatic heterocycles. The highest BCUT2D eigenvalue weighted by atomic mass is 79.9. The van der Waals surface area contributed by atoms with Crippen LogP contribution in [-0.2, 0) is 9.59 Å². The molecular formula is C11H8BrNO3S. The zero-order chi connectivity index (χ0) is 12.4. The molecular weight excluding hydrogens is 306 g/mol. The van der Waals surface area contributed by atoms with Gasteiger partial charge in [-0.2, -0.15) is 0 Å². The third kappa shape index (κ3) is 2.58. The van der Waals surface area contributed by atoms with Crippen LogP contribution in [0.15, 0.2) is 23.1 Å². The normalized spacial score (nSPS) is 13.8. The third-order valence-corrected chi connectivity index (χ3v) is 3.83. The number of nitrogens with one attached hydrogen (secondary N) is 1. The summed E-state index contributed by atoms with van der Waals surface area (Å²) in [6.07, 6.45) is 0. The second-order valence-corrected chi connectivity index (χ2v) is 5.01. The third-order valence-electron chi connectivity index (χ3n) is 2.25. The van der Waals surface area contributed by atoms with E-state index in [-0.39, 0.29) is 11.2 Å². The molecule has 2 rings (SSSR count). The maximum absolute atomic E-state index is 11.6. The minimum atomic E-state index is -0.547. The molecule has 0 bridgehead atoms. The van der Waals surface area contributed by atoms with Gasteiger partial charge in [-0.1, -0.05) is 15.9 Å². The van der Waals surface area contributed by atoms with Gasteiger partial charge in [-0.25, -0.2) is 0 Å². The lowest BCUT2D eigenvalue weighted by Gasteiger charge is -2.16. The Labute approximate surface area is 110 Å². The van der Waals surface area contributed by atoms with Crippen molar-refractivity contribution in [2.24, 2.45) is 0 Å². The predicted octanol–water partition coefficient (Wildman–Crippen LogP) is 1.88. The number of rotatable bonds is 3. The minimum absolute atomic E-state index is 0.00400. The maximum Gasteiger partial charge on any atom is 0.234 e. The van der Waals surface area contributed by atoms with E-state index in [1.807, 2.05) is 0 Å². The molecule has 4 nitrogen and oxygen atoms in total. The number of hydrogen-bond acceptors (Lipinski definition) is 4. The van der Waals surface area contributed by atoms with Gasteiger partial charge >= 0.3 is 0 Å². The first-order valence-corrected chi connectivity index (χ1v) is 6.92. The highest BCUT2D eigenvalue weighted by Crippen LogP contribution is 2.32. The summed E-state index contributed by atoms with van der Waals surface area (Å²) in [6, 6.07) is 4.89. The summed E-state index contributed by atoms with van der Waals surface area (Å²) in [6.45, 7) is 0. The van der Waals surface area contributed by atoms with Crippen LogP contribution in [0.4, 0.5) is 5.69 Å². The van der Waals surface area contributed by atoms with Gasteiger partial charge in [0.25, 0.3) is 0 Å². The number of alkyl halides is 1. The summed E-state index contributed by atoms with van der Waals surface area (Å²) < 4.78 is 0. The van der Waals surface area contributed by atoms with Gasteiger partial charge in [0.1, 0.15) is 0 Å². The molecule has 1 aromatic carbocycles. The predicted molar refractivity (Wildman–Crippen MR) is 68.9 cm³/mol. The van der Waals surface area contributed by atoms with Crippen molar-refractivity contribution in [3.8, 4) is 0 Å². The van der Waals surface area contributed by atoms with Crippen LogP contribution in [0.1, 0.15) is 10.4 Å². The van der Waals surface area contributed by atoms with Crippen molar-refractivity contribution in [1.29, 1.82) is 0 Å². The Balaban J connectivity index is 2.33. The number of carbonyl (C=O) groups is 3. The average molecular weight is 314 g/mol. The molecule has 0 radical (unpaired) electrons. The molecule has 0 unspecified atom stereocenters. The molecule has 0 spiro atoms. The fourth-order valence-electron chi connectivity index (χ4n) is 1.45. The van der Waals surface area contributed by atoms with E-state index in [1.165, 1.54) is 11.8 Å². The number of thioether (sulfide) groups is 1. The summed E-state index contributed by atoms with van der Waals surface area (Å²) in [5.41, 5.74) is 0.899. The van der Waals surface area contributed by atoms with E-state index in [2.05, 4.69) is 21.2 Å². The van der Waals surface area contributed by atoms with Crippen LogP contribution < -0.4 is 5.32 Å². The van der Waals surface area contributed by atoms with Crippen molar-refractivity contribution < 1.29 is 14.4 Å². The Morgan fingerprint density at radius 3 is 2.88 bits per heavy atom. The van der Waals surface area contributed by atoms with Crippen LogP contribution in [-0.4, -0.2) is 28.6 Å². The van der Waals surface area contributed by atoms with Gasteiger partial charge in [0.2, 0.25) is 17.5 Å². The van der Waals surface area contributed by atoms with E-state index in [4.69, 9.17) is 0 Å². The molecule has 6 heteroatoms. The number of hydrogen-bond donors (Lipinski definition) is 1. The Hall–Kier alpha value is -1.14. The average Bonchev–Trinajstić information content (AvgIpc) is 2.36. The topological polar surface area (TPSA) is 63.2 Å². The van der Waals surface area contributed by atoms with E-state index >= 15 is 0 Å². The van der Waals surface area contributed by atoms with Crippen LogP contribution in [0.3, 0.4) is 0 Å². The Morgan fingerprint density at radius 2 is 2.18 bits per heavy atom. The van der Waals surface area contributed by atoms with Crippen LogP contribution >= 0.6 is 27.7 Å². The van der Waals surface area contributed by atoms with E-state index in [0.29, 0.717) is 17.0 Å². The number of halogens is 1. The molecule has 1 amide bonds. The van der Waals surface area contributed by atoms with E-state index < -0.39 is 11.6 Å². The van der Waals surface area contributed by atoms with Crippen molar-refractivity contribution in [2.75, 3.05) is 16.4 Å². The number of benzene rings is 1. The standard InChI is InChI=1S/C11H8BrNO3S/c12-4-8(14)11(16)6-1-2-9-7(3-6)13-10(15)5-17-9/h1-3H,4-5H2,(H,13,15). The summed E-state index contributed by atoms with van der Waals surface area (Å²) >= 11 is 4.37. The number of Topliss-reactive ketones (excluding diaryl/α,β-unsaturated/α-hetero) is 2. The Bertz CT molecular complexity index is 515. The van der Waals surface area contributed by atoms with Crippen molar-refractivity contribution in [2.45, 2.75) is 4.90 Å². The van der Waals surface area contributed by atoms with Crippen LogP contribution in [0.25, 0.3) is 0 Å². The SMILES string of the molecule is O=C1CSc2ccc(C(=O)C(=O)CBr)cc2N1. The smallest absolute Gasteiger partial charge is 0.234 e. The van der Waals surface area contributed by atoms with Crippen molar-refractivity contribution in [3.05, 3.63) is 23.8 Å². The van der Waals surface area contributed by atoms with Crippen LogP contribution in [0.5, 0.6) is 0 Å². The minimum Gasteiger partial charge on any atom is -0.324 e. The molecule has 0 aliphatic carbocycles. The van der Waals surface area contributed by atoms with Crippen molar-refractivity contribution in [3.63, 3.8) is 0 Å². The molecule has 0 fully saturated rings. The first-order valence-electron chi connectivity index (χ1n) is 4.82. The summed E-state index contributed by atoms with van der Waals surface area (Å²) in [7, 11) is 0. The maximum atomic E-state index is 11.6. The van der Waals surface area contributed by atoms with Gasteiger partial charge in [-0.05, 0) is 18.2 Å². The Kier molecular flexibility index (Phi) is 3.63. The van der Waals surface area contributed by atoms with Crippen LogP contribution in [0, 0.1) is 0 Å². The zero-order valence-corrected chi connectivity index (χ0v) is 11.1. The first kappa shape index (κ1) is 12.3. The second kappa shape index (κ2) is 5.01. The molecule has 88 valence electrons. The second-order valence-electron chi connectivity index (χ2n) is 3.43. The number of amides is 1. The highest BCUT2D eigenvalue weighted by Gasteiger charge is 2.19. The van der Waals surface area contributed by atoms with Crippen molar-refractivity contribution in [1.82, 2.24) is 0 Å². The van der Waals surface area contributed by atoms with Gasteiger partial charge in [-0.3, -0.25) is 14.4 Å². The largest absolute Gasteiger partial charge is 0.324 e. The van der Waals surface area contributed by atoms with E-state index in [1.54, 1.807) is 18.2 Å². The van der Waals surface area contributed by atoms with Gasteiger partial charge in [0.05, 0.1) is 16.8 Å². The number of carbonyl (C=O) groups excluding carboxylic acids is 3. The van der Waals surface area contributed by atoms with E-state index in [0.717, 1.165) is 4.90 Å². The van der Waals surface area contributed by atoms with Gasteiger partial charge in [0, 0.05) is 10.5 Å². The van der Waals surface area contributed by atoms with Crippen molar-refractivity contribution >= 4 is 50.9 Å². The van der Waals surface area contributed by atoms with Gasteiger partial charge in [0.15, 0.2) is 0 Å². The monoisotopic (exact) mass is 313 g/mol. The van der Waals surface area contributed by atoms with Crippen LogP contribution in [0.2, 0.25) is 0 Å². The molecule has 0 aromatic heterocycles. The number of ketones is 2. The van der Waals surface area contributed by atoms with E-state index in [9.17, 15) is 14.4 Å². The molecule has 1 aromatic rings. The Morgan fingerprint density at radius 1 is 1.41 bits per heavy atom. The van der Waals surface area contributed by atoms with Gasteiger partial charge in [-0.15, -0.1) is 11.8 Å². The summed E-state index contributed by atoms with van der Waals surface area (Å²) in [5, 5.41) is 2.68. The fraction of sp³-hybridized carbons (Fsp3) is 0.182. The molecule has 17 heavy (non-hydrogen) atoms. The molecule has 0 saturated carbocycles. The summed E-state index contributed by atoms with van der Waals surface area (Å²) in [4.78, 5) is 35.0. The number of fused-ring (bicyclic) bond motifs is 1. The zero-order valence-electron chi connectivity index (χ0n) is 8.66. The molecule has 0 atom stereocenters. The quantitative estimate of drug-likeness (QED) is 0.526. The molecule has 1 N–H and O–H groups in total. The fourth-order valence-corrected chi connectivity index (χ4v) is 2.49. The molecule has 1 aliphatic rings. The first-order chi connectivity index (χ1) is 8.11. The lowest BCUT2D eigenvalue weighted by molar-refractivity contribution is -0.114. The van der Waals surface area contributed by atoms with Gasteiger partial charge < -0.3 is 5.32 Å². The lowest BCUT2D eigenvalue weighted by atomic mass is 10.1. The molecule has 0 saturated heterocycles.